The van der Waals surface area contributed by atoms with Crippen LogP contribution in [0.2, 0.25) is 0 Å². The molecule has 2 heteroatoms. The largest absolute Gasteiger partial charge is 0.381 e. The van der Waals surface area contributed by atoms with E-state index in [1.54, 1.807) is 11.1 Å². The molecule has 1 atom stereocenters. The third-order valence-corrected chi connectivity index (χ3v) is 4.29. The number of allylic oxidation sites excluding steroid dienone is 1. The molecule has 1 unspecified atom stereocenters. The van der Waals surface area contributed by atoms with Crippen molar-refractivity contribution in [2.24, 2.45) is 11.3 Å². The number of hydrogen-bond donors (Lipinski definition) is 0. The lowest BCUT2D eigenvalue weighted by molar-refractivity contribution is -0.0990. The molecule has 1 aliphatic carbocycles. The summed E-state index contributed by atoms with van der Waals surface area (Å²) >= 11 is 0. The highest BCUT2D eigenvalue weighted by molar-refractivity contribution is 5.51. The molecule has 0 radical (unpaired) electrons. The molecule has 0 aromatic carbocycles. The van der Waals surface area contributed by atoms with Crippen LogP contribution in [0, 0.1) is 11.3 Å². The molecule has 0 aromatic rings. The van der Waals surface area contributed by atoms with Crippen molar-refractivity contribution in [2.45, 2.75) is 45.6 Å². The van der Waals surface area contributed by atoms with Gasteiger partial charge in [0.1, 0.15) is 0 Å². The van der Waals surface area contributed by atoms with E-state index >= 15 is 0 Å². The molecule has 3 rings (SSSR count). The van der Waals surface area contributed by atoms with Gasteiger partial charge in [-0.1, -0.05) is 26.3 Å². The standard InChI is InChI=1S/C14H22O2/c1-13(2,3)11-10-4-7-16-14(12(10)11)5-8-15-9-6-14/h10H,4-9H2,1-3H3. The highest BCUT2D eigenvalue weighted by Crippen LogP contribution is 2.61. The fourth-order valence-corrected chi connectivity index (χ4v) is 3.61. The Morgan fingerprint density at radius 2 is 1.81 bits per heavy atom. The van der Waals surface area contributed by atoms with Crippen LogP contribution in [-0.2, 0) is 9.47 Å². The maximum absolute atomic E-state index is 6.15. The van der Waals surface area contributed by atoms with Crippen molar-refractivity contribution < 1.29 is 9.47 Å². The monoisotopic (exact) mass is 222 g/mol. The minimum Gasteiger partial charge on any atom is -0.381 e. The Labute approximate surface area is 98.0 Å². The normalized spacial score (nSPS) is 32.8. The van der Waals surface area contributed by atoms with Gasteiger partial charge in [0, 0.05) is 38.6 Å². The molecule has 2 saturated heterocycles. The van der Waals surface area contributed by atoms with Gasteiger partial charge in [0.05, 0.1) is 5.60 Å². The second-order valence-corrected chi connectivity index (χ2v) is 6.37. The lowest BCUT2D eigenvalue weighted by atomic mass is 9.87. The summed E-state index contributed by atoms with van der Waals surface area (Å²) in [6.07, 6.45) is 3.35. The Bertz CT molecular complexity index is 324. The van der Waals surface area contributed by atoms with Crippen LogP contribution in [0.15, 0.2) is 11.1 Å². The van der Waals surface area contributed by atoms with E-state index in [0.29, 0.717) is 5.41 Å². The van der Waals surface area contributed by atoms with Gasteiger partial charge in [-0.15, -0.1) is 0 Å². The van der Waals surface area contributed by atoms with E-state index in [-0.39, 0.29) is 5.60 Å². The Morgan fingerprint density at radius 3 is 2.44 bits per heavy atom. The predicted octanol–water partition coefficient (Wildman–Crippen LogP) is 2.93. The second-order valence-electron chi connectivity index (χ2n) is 6.37. The van der Waals surface area contributed by atoms with E-state index in [9.17, 15) is 0 Å². The van der Waals surface area contributed by atoms with Gasteiger partial charge in [-0.2, -0.15) is 0 Å². The predicted molar refractivity (Wildman–Crippen MR) is 63.3 cm³/mol. The molecule has 1 spiro atoms. The summed E-state index contributed by atoms with van der Waals surface area (Å²) in [5.41, 5.74) is 3.74. The van der Waals surface area contributed by atoms with E-state index < -0.39 is 0 Å². The first-order chi connectivity index (χ1) is 7.55. The van der Waals surface area contributed by atoms with Crippen molar-refractivity contribution in [3.8, 4) is 0 Å². The Kier molecular flexibility index (Phi) is 2.25. The van der Waals surface area contributed by atoms with Crippen LogP contribution in [0.1, 0.15) is 40.0 Å². The van der Waals surface area contributed by atoms with E-state index in [0.717, 1.165) is 38.6 Å². The fourth-order valence-electron chi connectivity index (χ4n) is 3.61. The summed E-state index contributed by atoms with van der Waals surface area (Å²) in [4.78, 5) is 0. The fraction of sp³-hybridized carbons (Fsp3) is 0.857. The van der Waals surface area contributed by atoms with Crippen molar-refractivity contribution in [1.82, 2.24) is 0 Å². The molecule has 0 N–H and O–H groups in total. The summed E-state index contributed by atoms with van der Waals surface area (Å²) in [5.74, 6) is 0.770. The van der Waals surface area contributed by atoms with Crippen LogP contribution in [0.5, 0.6) is 0 Å². The summed E-state index contributed by atoms with van der Waals surface area (Å²) in [7, 11) is 0. The maximum atomic E-state index is 6.15. The number of fused-ring (bicyclic) bond motifs is 2. The maximum Gasteiger partial charge on any atom is 0.0944 e. The zero-order chi connectivity index (χ0) is 11.4. The van der Waals surface area contributed by atoms with Crippen LogP contribution in [0.4, 0.5) is 0 Å². The lowest BCUT2D eigenvalue weighted by Gasteiger charge is -2.39. The number of hydrogen-bond acceptors (Lipinski definition) is 2. The Balaban J connectivity index is 1.92. The third kappa shape index (κ3) is 1.46. The summed E-state index contributed by atoms with van der Waals surface area (Å²) in [6.45, 7) is 9.68. The molecule has 2 heterocycles. The van der Waals surface area contributed by atoms with E-state index in [1.807, 2.05) is 0 Å². The first kappa shape index (κ1) is 10.8. The number of ether oxygens (including phenoxy) is 2. The van der Waals surface area contributed by atoms with Crippen molar-refractivity contribution in [2.75, 3.05) is 19.8 Å². The third-order valence-electron chi connectivity index (χ3n) is 4.29. The van der Waals surface area contributed by atoms with Crippen LogP contribution < -0.4 is 0 Å². The molecule has 0 amide bonds. The highest BCUT2D eigenvalue weighted by Gasteiger charge is 2.56. The van der Waals surface area contributed by atoms with Crippen molar-refractivity contribution in [1.29, 1.82) is 0 Å². The van der Waals surface area contributed by atoms with Gasteiger partial charge in [-0.05, 0) is 17.4 Å². The molecular weight excluding hydrogens is 200 g/mol. The number of rotatable bonds is 0. The first-order valence-electron chi connectivity index (χ1n) is 6.51. The zero-order valence-electron chi connectivity index (χ0n) is 10.6. The zero-order valence-corrected chi connectivity index (χ0v) is 10.6. The molecule has 3 aliphatic rings. The Morgan fingerprint density at radius 1 is 1.12 bits per heavy atom. The molecule has 2 nitrogen and oxygen atoms in total. The Hall–Kier alpha value is -0.340. The second kappa shape index (κ2) is 3.33. The minimum absolute atomic E-state index is 0.0732. The van der Waals surface area contributed by atoms with E-state index in [2.05, 4.69) is 20.8 Å². The molecule has 0 saturated carbocycles. The van der Waals surface area contributed by atoms with Gasteiger partial charge in [0.2, 0.25) is 0 Å². The average molecular weight is 222 g/mol. The SMILES string of the molecule is CC(C)(C)C1=C2C1CCOC21CCOCC1. The minimum atomic E-state index is 0.0732. The van der Waals surface area contributed by atoms with Crippen LogP contribution in [0.25, 0.3) is 0 Å². The molecule has 2 aliphatic heterocycles. The molecule has 0 aromatic heterocycles. The average Bonchev–Trinajstić information content (AvgIpc) is 2.95. The molecule has 16 heavy (non-hydrogen) atoms. The van der Waals surface area contributed by atoms with Gasteiger partial charge in [-0.25, -0.2) is 0 Å². The lowest BCUT2D eigenvalue weighted by Crippen LogP contribution is -2.41. The van der Waals surface area contributed by atoms with Crippen LogP contribution >= 0.6 is 0 Å². The summed E-state index contributed by atoms with van der Waals surface area (Å²) < 4.78 is 11.6. The van der Waals surface area contributed by atoms with Crippen molar-refractivity contribution in [3.63, 3.8) is 0 Å². The smallest absolute Gasteiger partial charge is 0.0944 e. The molecule has 0 bridgehead atoms. The van der Waals surface area contributed by atoms with Crippen LogP contribution in [0.3, 0.4) is 0 Å². The summed E-state index contributed by atoms with van der Waals surface area (Å²) in [5, 5.41) is 0. The molecule has 2 fully saturated rings. The highest BCUT2D eigenvalue weighted by atomic mass is 16.5. The van der Waals surface area contributed by atoms with Gasteiger partial charge >= 0.3 is 0 Å². The van der Waals surface area contributed by atoms with E-state index in [4.69, 9.17) is 9.47 Å². The van der Waals surface area contributed by atoms with Gasteiger partial charge in [0.25, 0.3) is 0 Å². The van der Waals surface area contributed by atoms with Crippen molar-refractivity contribution >= 4 is 0 Å². The van der Waals surface area contributed by atoms with E-state index in [1.165, 1.54) is 6.42 Å². The first-order valence-corrected chi connectivity index (χ1v) is 6.51. The van der Waals surface area contributed by atoms with Gasteiger partial charge in [0.15, 0.2) is 0 Å². The van der Waals surface area contributed by atoms with Gasteiger partial charge in [-0.3, -0.25) is 0 Å². The molecular formula is C14H22O2. The van der Waals surface area contributed by atoms with Crippen LogP contribution in [-0.4, -0.2) is 25.4 Å². The van der Waals surface area contributed by atoms with Crippen molar-refractivity contribution in [3.05, 3.63) is 11.1 Å². The van der Waals surface area contributed by atoms with Gasteiger partial charge < -0.3 is 9.47 Å². The molecule has 90 valence electrons. The summed E-state index contributed by atoms with van der Waals surface area (Å²) in [6, 6.07) is 0. The quantitative estimate of drug-likeness (QED) is 0.587. The topological polar surface area (TPSA) is 18.5 Å².